The number of amides is 1. The van der Waals surface area contributed by atoms with E-state index in [4.69, 9.17) is 32.7 Å². The van der Waals surface area contributed by atoms with E-state index in [1.807, 2.05) is 11.0 Å². The van der Waals surface area contributed by atoms with Crippen LogP contribution in [0.1, 0.15) is 37.2 Å². The minimum Gasteiger partial charge on any atom is -0.496 e. The molecular formula is C20H26Cl2N2O3. The number of carbonyl (C=O) groups is 1. The van der Waals surface area contributed by atoms with E-state index in [-0.39, 0.29) is 24.0 Å². The number of hydrogen-bond donors (Lipinski definition) is 0. The number of carbonyl (C=O) groups excluding carboxylic acids is 1. The molecule has 1 aromatic carbocycles. The first-order chi connectivity index (χ1) is 13.1. The molecule has 3 aliphatic rings. The quantitative estimate of drug-likeness (QED) is 0.757. The second-order valence-electron chi connectivity index (χ2n) is 7.71. The number of fused-ring (bicyclic) bond motifs is 1. The van der Waals surface area contributed by atoms with Crippen LogP contribution in [0, 0.1) is 0 Å². The van der Waals surface area contributed by atoms with E-state index in [1.54, 1.807) is 13.2 Å². The van der Waals surface area contributed by atoms with Gasteiger partial charge in [0.15, 0.2) is 0 Å². The normalized spacial score (nSPS) is 29.1. The number of piperidine rings is 1. The summed E-state index contributed by atoms with van der Waals surface area (Å²) in [7, 11) is 1.65. The second-order valence-corrected chi connectivity index (χ2v) is 8.50. The molecule has 0 aromatic heterocycles. The third kappa shape index (κ3) is 3.80. The minimum atomic E-state index is -0.319. The summed E-state index contributed by atoms with van der Waals surface area (Å²) in [6.07, 6.45) is 3.79. The van der Waals surface area contributed by atoms with Crippen LogP contribution in [0.2, 0.25) is 10.0 Å². The van der Waals surface area contributed by atoms with E-state index in [1.165, 1.54) is 12.8 Å². The van der Waals surface area contributed by atoms with E-state index < -0.39 is 0 Å². The SMILES string of the molecule is COc1ccc(Cl)c(Cl)c1[C@@H]1CCN2C(=O)C(CN3CCCC3)OC[C@@H]2C1. The molecule has 1 aromatic rings. The molecule has 0 bridgehead atoms. The molecule has 1 amide bonds. The van der Waals surface area contributed by atoms with E-state index in [2.05, 4.69) is 4.90 Å². The summed E-state index contributed by atoms with van der Waals surface area (Å²) in [4.78, 5) is 17.3. The Morgan fingerprint density at radius 2 is 2.00 bits per heavy atom. The van der Waals surface area contributed by atoms with Crippen molar-refractivity contribution in [2.75, 3.05) is 39.9 Å². The van der Waals surface area contributed by atoms with E-state index in [9.17, 15) is 4.79 Å². The van der Waals surface area contributed by atoms with Gasteiger partial charge in [0.2, 0.25) is 0 Å². The lowest BCUT2D eigenvalue weighted by Gasteiger charge is -2.45. The van der Waals surface area contributed by atoms with Crippen molar-refractivity contribution in [3.05, 3.63) is 27.7 Å². The molecule has 3 atom stereocenters. The van der Waals surface area contributed by atoms with Crippen molar-refractivity contribution in [1.29, 1.82) is 0 Å². The van der Waals surface area contributed by atoms with Gasteiger partial charge in [-0.15, -0.1) is 0 Å². The van der Waals surface area contributed by atoms with Crippen molar-refractivity contribution in [3.8, 4) is 5.75 Å². The zero-order chi connectivity index (χ0) is 19.0. The van der Waals surface area contributed by atoms with Gasteiger partial charge in [-0.25, -0.2) is 0 Å². The van der Waals surface area contributed by atoms with Gasteiger partial charge in [0.05, 0.1) is 29.8 Å². The number of rotatable bonds is 4. The van der Waals surface area contributed by atoms with Crippen LogP contribution in [-0.2, 0) is 9.53 Å². The van der Waals surface area contributed by atoms with Crippen molar-refractivity contribution < 1.29 is 14.3 Å². The molecule has 148 valence electrons. The molecule has 0 aliphatic carbocycles. The van der Waals surface area contributed by atoms with Gasteiger partial charge < -0.3 is 19.3 Å². The molecule has 4 rings (SSSR count). The molecule has 0 spiro atoms. The van der Waals surface area contributed by atoms with Crippen LogP contribution in [0.3, 0.4) is 0 Å². The van der Waals surface area contributed by atoms with E-state index in [0.717, 1.165) is 50.3 Å². The number of hydrogen-bond acceptors (Lipinski definition) is 4. The van der Waals surface area contributed by atoms with Crippen LogP contribution in [0.15, 0.2) is 12.1 Å². The van der Waals surface area contributed by atoms with Gasteiger partial charge in [-0.1, -0.05) is 23.2 Å². The standard InChI is InChI=1S/C20H26Cl2N2O3/c1-26-16-5-4-15(21)19(22)18(16)13-6-9-24-14(10-13)12-27-17(20(24)25)11-23-7-2-3-8-23/h4-5,13-14,17H,2-3,6-12H2,1H3/t13-,14+,17?/m1/s1. The minimum absolute atomic E-state index is 0.0887. The van der Waals surface area contributed by atoms with Crippen molar-refractivity contribution in [2.45, 2.75) is 43.7 Å². The van der Waals surface area contributed by atoms with Crippen molar-refractivity contribution in [1.82, 2.24) is 9.80 Å². The van der Waals surface area contributed by atoms with Crippen LogP contribution in [0.25, 0.3) is 0 Å². The Morgan fingerprint density at radius 1 is 1.22 bits per heavy atom. The first-order valence-electron chi connectivity index (χ1n) is 9.74. The highest BCUT2D eigenvalue weighted by molar-refractivity contribution is 6.42. The highest BCUT2D eigenvalue weighted by Crippen LogP contribution is 2.44. The number of morpholine rings is 1. The number of benzene rings is 1. The lowest BCUT2D eigenvalue weighted by molar-refractivity contribution is -0.164. The average Bonchev–Trinajstić information content (AvgIpc) is 3.19. The fourth-order valence-corrected chi connectivity index (χ4v) is 5.16. The molecule has 5 nitrogen and oxygen atoms in total. The molecule has 0 radical (unpaired) electrons. The molecular weight excluding hydrogens is 387 g/mol. The molecule has 7 heteroatoms. The molecule has 3 heterocycles. The molecule has 0 N–H and O–H groups in total. The summed E-state index contributed by atoms with van der Waals surface area (Å²) >= 11 is 12.7. The second kappa shape index (κ2) is 8.16. The smallest absolute Gasteiger partial charge is 0.253 e. The van der Waals surface area contributed by atoms with Crippen molar-refractivity contribution >= 4 is 29.1 Å². The summed E-state index contributed by atoms with van der Waals surface area (Å²) in [5.41, 5.74) is 0.956. The monoisotopic (exact) mass is 412 g/mol. The van der Waals surface area contributed by atoms with Crippen LogP contribution >= 0.6 is 23.2 Å². The number of nitrogens with zero attached hydrogens (tertiary/aromatic N) is 2. The van der Waals surface area contributed by atoms with Gasteiger partial charge >= 0.3 is 0 Å². The van der Waals surface area contributed by atoms with Gasteiger partial charge in [0.1, 0.15) is 11.9 Å². The van der Waals surface area contributed by atoms with E-state index in [0.29, 0.717) is 16.7 Å². The van der Waals surface area contributed by atoms with Crippen LogP contribution < -0.4 is 4.74 Å². The van der Waals surface area contributed by atoms with Gasteiger partial charge in [-0.05, 0) is 56.8 Å². The summed E-state index contributed by atoms with van der Waals surface area (Å²) in [6.45, 7) is 4.18. The Bertz CT molecular complexity index is 709. The summed E-state index contributed by atoms with van der Waals surface area (Å²) in [5.74, 6) is 1.11. The third-order valence-electron chi connectivity index (χ3n) is 6.11. The molecule has 3 fully saturated rings. The number of ether oxygens (including phenoxy) is 2. The Hall–Kier alpha value is -1.01. The molecule has 3 aliphatic heterocycles. The van der Waals surface area contributed by atoms with Crippen molar-refractivity contribution in [3.63, 3.8) is 0 Å². The molecule has 27 heavy (non-hydrogen) atoms. The predicted octanol–water partition coefficient (Wildman–Crippen LogP) is 3.57. The Labute approximate surface area is 170 Å². The average molecular weight is 413 g/mol. The highest BCUT2D eigenvalue weighted by Gasteiger charge is 2.41. The Balaban J connectivity index is 1.46. The van der Waals surface area contributed by atoms with Gasteiger partial charge in [-0.2, -0.15) is 0 Å². The maximum atomic E-state index is 12.9. The number of likely N-dealkylation sites (tertiary alicyclic amines) is 1. The highest BCUT2D eigenvalue weighted by atomic mass is 35.5. The van der Waals surface area contributed by atoms with Gasteiger partial charge in [-0.3, -0.25) is 4.79 Å². The first-order valence-corrected chi connectivity index (χ1v) is 10.5. The van der Waals surface area contributed by atoms with E-state index >= 15 is 0 Å². The Morgan fingerprint density at radius 3 is 2.74 bits per heavy atom. The fraction of sp³-hybridized carbons (Fsp3) is 0.650. The summed E-state index contributed by atoms with van der Waals surface area (Å²) < 4.78 is 11.5. The number of halogens is 2. The zero-order valence-corrected chi connectivity index (χ0v) is 17.1. The molecule has 0 saturated carbocycles. The first kappa shape index (κ1) is 19.3. The number of methoxy groups -OCH3 is 1. The maximum absolute atomic E-state index is 12.9. The fourth-order valence-electron chi connectivity index (χ4n) is 4.68. The topological polar surface area (TPSA) is 42.0 Å². The molecule has 3 saturated heterocycles. The third-order valence-corrected chi connectivity index (χ3v) is 6.93. The lowest BCUT2D eigenvalue weighted by Crippen LogP contribution is -2.58. The Kier molecular flexibility index (Phi) is 5.83. The molecule has 1 unspecified atom stereocenters. The lowest BCUT2D eigenvalue weighted by atomic mass is 9.84. The van der Waals surface area contributed by atoms with Crippen LogP contribution in [0.5, 0.6) is 5.75 Å². The predicted molar refractivity (Wildman–Crippen MR) is 106 cm³/mol. The zero-order valence-electron chi connectivity index (χ0n) is 15.6. The van der Waals surface area contributed by atoms with Gasteiger partial charge in [0, 0.05) is 18.7 Å². The van der Waals surface area contributed by atoms with Crippen molar-refractivity contribution in [2.24, 2.45) is 0 Å². The van der Waals surface area contributed by atoms with Crippen LogP contribution in [-0.4, -0.2) is 67.7 Å². The van der Waals surface area contributed by atoms with Crippen LogP contribution in [0.4, 0.5) is 0 Å². The largest absolute Gasteiger partial charge is 0.496 e. The summed E-state index contributed by atoms with van der Waals surface area (Å²) in [6, 6.07) is 3.72. The maximum Gasteiger partial charge on any atom is 0.253 e. The summed E-state index contributed by atoms with van der Waals surface area (Å²) in [5, 5.41) is 1.10. The van der Waals surface area contributed by atoms with Gasteiger partial charge in [0.25, 0.3) is 5.91 Å².